The summed E-state index contributed by atoms with van der Waals surface area (Å²) < 4.78 is 5.79. The minimum atomic E-state index is -0.240. The molecule has 0 aromatic heterocycles. The van der Waals surface area contributed by atoms with Crippen molar-refractivity contribution in [1.82, 2.24) is 10.2 Å². The molecule has 1 aliphatic carbocycles. The number of rotatable bonds is 6. The molecule has 1 spiro atoms. The van der Waals surface area contributed by atoms with Gasteiger partial charge in [0.25, 0.3) is 0 Å². The van der Waals surface area contributed by atoms with Crippen molar-refractivity contribution in [2.45, 2.75) is 65.2 Å². The molecule has 0 bridgehead atoms. The first-order valence-electron chi connectivity index (χ1n) is 8.72. The van der Waals surface area contributed by atoms with Gasteiger partial charge in [-0.05, 0) is 45.7 Å². The van der Waals surface area contributed by atoms with Crippen molar-refractivity contribution in [3.8, 4) is 0 Å². The summed E-state index contributed by atoms with van der Waals surface area (Å²) in [5.74, 6) is 0.581. The first kappa shape index (κ1) is 17.7. The first-order valence-corrected chi connectivity index (χ1v) is 8.72. The van der Waals surface area contributed by atoms with Crippen molar-refractivity contribution in [2.24, 2.45) is 11.3 Å². The van der Waals surface area contributed by atoms with Crippen LogP contribution in [0.4, 0.5) is 0 Å². The number of ether oxygens (including phenoxy) is 1. The second-order valence-corrected chi connectivity index (χ2v) is 7.28. The van der Waals surface area contributed by atoms with E-state index in [0.29, 0.717) is 12.5 Å². The van der Waals surface area contributed by atoms with E-state index in [9.17, 15) is 9.90 Å². The average molecular weight is 312 g/mol. The third-order valence-corrected chi connectivity index (χ3v) is 5.45. The van der Waals surface area contributed by atoms with E-state index in [-0.39, 0.29) is 29.6 Å². The summed E-state index contributed by atoms with van der Waals surface area (Å²) in [7, 11) is 0. The lowest BCUT2D eigenvalue weighted by molar-refractivity contribution is -0.210. The zero-order chi connectivity index (χ0) is 16.3. The molecular formula is C17H32N2O3. The smallest absolute Gasteiger partial charge is 0.237 e. The number of piperidine rings is 1. The van der Waals surface area contributed by atoms with E-state index in [1.807, 2.05) is 13.8 Å². The zero-order valence-electron chi connectivity index (χ0n) is 14.5. The lowest BCUT2D eigenvalue weighted by Gasteiger charge is -2.57. The number of nitrogens with one attached hydrogen (secondary N) is 1. The van der Waals surface area contributed by atoms with Crippen LogP contribution in [0, 0.1) is 11.3 Å². The van der Waals surface area contributed by atoms with E-state index >= 15 is 0 Å². The number of nitrogens with zero attached hydrogens (tertiary/aromatic N) is 1. The van der Waals surface area contributed by atoms with Crippen LogP contribution in [0.3, 0.4) is 0 Å². The third-order valence-electron chi connectivity index (χ3n) is 5.45. The molecule has 3 atom stereocenters. The summed E-state index contributed by atoms with van der Waals surface area (Å²) >= 11 is 0. The van der Waals surface area contributed by atoms with E-state index in [0.717, 1.165) is 38.9 Å². The van der Waals surface area contributed by atoms with Crippen LogP contribution in [-0.2, 0) is 9.53 Å². The van der Waals surface area contributed by atoms with E-state index in [1.54, 1.807) is 0 Å². The Kier molecular flexibility index (Phi) is 5.86. The molecule has 2 rings (SSSR count). The van der Waals surface area contributed by atoms with Gasteiger partial charge in [-0.15, -0.1) is 0 Å². The molecule has 1 heterocycles. The molecule has 1 saturated heterocycles. The van der Waals surface area contributed by atoms with Crippen LogP contribution in [0.25, 0.3) is 0 Å². The number of likely N-dealkylation sites (tertiary alicyclic amines) is 1. The third kappa shape index (κ3) is 3.47. The maximum absolute atomic E-state index is 12.2. The number of hydrogen-bond acceptors (Lipinski definition) is 4. The van der Waals surface area contributed by atoms with Crippen LogP contribution >= 0.6 is 0 Å². The number of aliphatic hydroxyl groups excluding tert-OH is 1. The highest BCUT2D eigenvalue weighted by molar-refractivity contribution is 5.81. The SMILES string of the molecule is CCOC1CC(O)C12CCN(C(C)C(=O)NCC(C)C)CC2. The Morgan fingerprint density at radius 3 is 2.50 bits per heavy atom. The van der Waals surface area contributed by atoms with Crippen molar-refractivity contribution in [3.63, 3.8) is 0 Å². The van der Waals surface area contributed by atoms with E-state index in [2.05, 4.69) is 24.1 Å². The second kappa shape index (κ2) is 7.28. The Morgan fingerprint density at radius 1 is 1.36 bits per heavy atom. The van der Waals surface area contributed by atoms with Gasteiger partial charge in [-0.2, -0.15) is 0 Å². The molecule has 0 aromatic carbocycles. The van der Waals surface area contributed by atoms with Gasteiger partial charge in [0, 0.05) is 25.0 Å². The van der Waals surface area contributed by atoms with Gasteiger partial charge in [0.1, 0.15) is 0 Å². The average Bonchev–Trinajstić information content (AvgIpc) is 2.51. The zero-order valence-corrected chi connectivity index (χ0v) is 14.5. The molecule has 2 aliphatic rings. The maximum atomic E-state index is 12.2. The molecular weight excluding hydrogens is 280 g/mol. The molecule has 1 aliphatic heterocycles. The van der Waals surface area contributed by atoms with Crippen molar-refractivity contribution < 1.29 is 14.6 Å². The predicted molar refractivity (Wildman–Crippen MR) is 86.6 cm³/mol. The topological polar surface area (TPSA) is 61.8 Å². The van der Waals surface area contributed by atoms with Crippen molar-refractivity contribution in [2.75, 3.05) is 26.2 Å². The van der Waals surface area contributed by atoms with Gasteiger partial charge in [0.15, 0.2) is 0 Å². The van der Waals surface area contributed by atoms with Crippen LogP contribution < -0.4 is 5.32 Å². The number of amides is 1. The van der Waals surface area contributed by atoms with Gasteiger partial charge in [-0.25, -0.2) is 0 Å². The normalized spacial score (nSPS) is 29.4. The Morgan fingerprint density at radius 2 is 2.00 bits per heavy atom. The molecule has 0 aromatic rings. The van der Waals surface area contributed by atoms with E-state index < -0.39 is 0 Å². The summed E-state index contributed by atoms with van der Waals surface area (Å²) in [6.45, 7) is 11.3. The molecule has 22 heavy (non-hydrogen) atoms. The lowest BCUT2D eigenvalue weighted by atomic mass is 9.58. The van der Waals surface area contributed by atoms with Crippen molar-refractivity contribution in [1.29, 1.82) is 0 Å². The quantitative estimate of drug-likeness (QED) is 0.778. The van der Waals surface area contributed by atoms with Crippen LogP contribution in [0.5, 0.6) is 0 Å². The largest absolute Gasteiger partial charge is 0.392 e. The molecule has 128 valence electrons. The lowest BCUT2D eigenvalue weighted by Crippen LogP contribution is -2.63. The molecule has 5 heteroatoms. The molecule has 0 radical (unpaired) electrons. The highest BCUT2D eigenvalue weighted by atomic mass is 16.5. The highest BCUT2D eigenvalue weighted by Crippen LogP contribution is 2.51. The monoisotopic (exact) mass is 312 g/mol. The van der Waals surface area contributed by atoms with Crippen LogP contribution in [0.1, 0.15) is 47.0 Å². The van der Waals surface area contributed by atoms with Gasteiger partial charge >= 0.3 is 0 Å². The number of hydrogen-bond donors (Lipinski definition) is 2. The summed E-state index contributed by atoms with van der Waals surface area (Å²) in [6, 6.07) is -0.0983. The van der Waals surface area contributed by atoms with E-state index in [1.165, 1.54) is 0 Å². The fraction of sp³-hybridized carbons (Fsp3) is 0.941. The molecule has 1 amide bonds. The first-order chi connectivity index (χ1) is 10.4. The maximum Gasteiger partial charge on any atom is 0.237 e. The highest BCUT2D eigenvalue weighted by Gasteiger charge is 2.56. The van der Waals surface area contributed by atoms with E-state index in [4.69, 9.17) is 4.74 Å². The Hall–Kier alpha value is -0.650. The minimum absolute atomic E-state index is 0.0688. The number of carbonyl (C=O) groups is 1. The molecule has 2 N–H and O–H groups in total. The van der Waals surface area contributed by atoms with Crippen LogP contribution in [0.2, 0.25) is 0 Å². The van der Waals surface area contributed by atoms with Crippen molar-refractivity contribution >= 4 is 5.91 Å². The molecule has 5 nitrogen and oxygen atoms in total. The van der Waals surface area contributed by atoms with Gasteiger partial charge < -0.3 is 15.2 Å². The Balaban J connectivity index is 1.85. The molecule has 2 fully saturated rings. The predicted octanol–water partition coefficient (Wildman–Crippen LogP) is 1.40. The van der Waals surface area contributed by atoms with Crippen LogP contribution in [0.15, 0.2) is 0 Å². The summed E-state index contributed by atoms with van der Waals surface area (Å²) in [5.41, 5.74) is -0.0688. The number of aliphatic hydroxyl groups is 1. The van der Waals surface area contributed by atoms with Gasteiger partial charge in [-0.1, -0.05) is 13.8 Å². The Labute approximate surface area is 134 Å². The van der Waals surface area contributed by atoms with Gasteiger partial charge in [0.2, 0.25) is 5.91 Å². The van der Waals surface area contributed by atoms with Gasteiger partial charge in [0.05, 0.1) is 18.2 Å². The summed E-state index contributed by atoms with van der Waals surface area (Å²) in [5, 5.41) is 13.2. The molecule has 3 unspecified atom stereocenters. The summed E-state index contributed by atoms with van der Waals surface area (Å²) in [6.07, 6.45) is 2.55. The fourth-order valence-corrected chi connectivity index (χ4v) is 3.76. The minimum Gasteiger partial charge on any atom is -0.392 e. The molecule has 1 saturated carbocycles. The van der Waals surface area contributed by atoms with Crippen molar-refractivity contribution in [3.05, 3.63) is 0 Å². The fourth-order valence-electron chi connectivity index (χ4n) is 3.76. The standard InChI is InChI=1S/C17H32N2O3/c1-5-22-15-10-14(20)17(15)6-8-19(9-7-17)13(4)16(21)18-11-12(2)3/h12-15,20H,5-11H2,1-4H3,(H,18,21). The van der Waals surface area contributed by atoms with Crippen LogP contribution in [-0.4, -0.2) is 60.4 Å². The van der Waals surface area contributed by atoms with Gasteiger partial charge in [-0.3, -0.25) is 9.69 Å². The Bertz CT molecular complexity index is 376. The second-order valence-electron chi connectivity index (χ2n) is 7.28. The summed E-state index contributed by atoms with van der Waals surface area (Å²) in [4.78, 5) is 14.4. The number of carbonyl (C=O) groups excluding carboxylic acids is 1.